The third-order valence-electron chi connectivity index (χ3n) is 4.78. The lowest BCUT2D eigenvalue weighted by molar-refractivity contribution is 0.0267. The van der Waals surface area contributed by atoms with Crippen LogP contribution in [-0.4, -0.2) is 35.7 Å². The van der Waals surface area contributed by atoms with Gasteiger partial charge in [-0.05, 0) is 44.6 Å². The highest BCUT2D eigenvalue weighted by Crippen LogP contribution is 2.41. The number of aliphatic hydroxyl groups is 1. The van der Waals surface area contributed by atoms with Gasteiger partial charge in [0.25, 0.3) is 0 Å². The monoisotopic (exact) mass is 239 g/mol. The van der Waals surface area contributed by atoms with E-state index in [1.54, 1.807) is 0 Å². The van der Waals surface area contributed by atoms with Crippen LogP contribution >= 0.6 is 0 Å². The summed E-state index contributed by atoms with van der Waals surface area (Å²) in [6, 6.07) is 0.845. The average molecular weight is 239 g/mol. The van der Waals surface area contributed by atoms with Gasteiger partial charge in [-0.3, -0.25) is 4.90 Å². The summed E-state index contributed by atoms with van der Waals surface area (Å²) in [7, 11) is 0. The number of rotatable bonds is 6. The Hall–Kier alpha value is -0.0800. The van der Waals surface area contributed by atoms with Crippen LogP contribution in [0.15, 0.2) is 0 Å². The standard InChI is InChI=1S/C15H29NO/c1-3-10-16(14-4-5-14)11-15(12-17)8-6-13(2)7-9-15/h13-14,17H,3-12H2,1-2H3. The van der Waals surface area contributed by atoms with Crippen LogP contribution in [0.5, 0.6) is 0 Å². The van der Waals surface area contributed by atoms with Crippen molar-refractivity contribution in [3.63, 3.8) is 0 Å². The molecule has 2 heteroatoms. The number of nitrogens with zero attached hydrogens (tertiary/aromatic N) is 1. The van der Waals surface area contributed by atoms with Crippen molar-refractivity contribution in [1.82, 2.24) is 4.90 Å². The lowest BCUT2D eigenvalue weighted by atomic mass is 9.71. The predicted octanol–water partition coefficient (Wildman–Crippen LogP) is 3.05. The van der Waals surface area contributed by atoms with Gasteiger partial charge in [-0.15, -0.1) is 0 Å². The molecule has 0 aromatic rings. The van der Waals surface area contributed by atoms with Crippen molar-refractivity contribution in [3.05, 3.63) is 0 Å². The first-order valence-corrected chi connectivity index (χ1v) is 7.54. The Morgan fingerprint density at radius 3 is 2.29 bits per heavy atom. The van der Waals surface area contributed by atoms with Gasteiger partial charge in [0.15, 0.2) is 0 Å². The fourth-order valence-corrected chi connectivity index (χ4v) is 3.29. The van der Waals surface area contributed by atoms with Crippen LogP contribution in [0.1, 0.15) is 58.8 Å². The van der Waals surface area contributed by atoms with E-state index >= 15 is 0 Å². The highest BCUT2D eigenvalue weighted by atomic mass is 16.3. The Kier molecular flexibility index (Phi) is 4.48. The summed E-state index contributed by atoms with van der Waals surface area (Å²) in [6.07, 6.45) is 9.11. The molecule has 2 fully saturated rings. The second-order valence-electron chi connectivity index (χ2n) is 6.54. The minimum Gasteiger partial charge on any atom is -0.396 e. The van der Waals surface area contributed by atoms with Crippen LogP contribution in [0.4, 0.5) is 0 Å². The average Bonchev–Trinajstić information content (AvgIpc) is 3.16. The molecule has 2 nitrogen and oxygen atoms in total. The fraction of sp³-hybridized carbons (Fsp3) is 1.00. The van der Waals surface area contributed by atoms with Gasteiger partial charge < -0.3 is 5.11 Å². The van der Waals surface area contributed by atoms with Crippen molar-refractivity contribution >= 4 is 0 Å². The highest BCUT2D eigenvalue weighted by molar-refractivity contribution is 4.92. The summed E-state index contributed by atoms with van der Waals surface area (Å²) in [4.78, 5) is 2.66. The van der Waals surface area contributed by atoms with Gasteiger partial charge >= 0.3 is 0 Å². The van der Waals surface area contributed by atoms with E-state index in [-0.39, 0.29) is 5.41 Å². The summed E-state index contributed by atoms with van der Waals surface area (Å²) in [5.74, 6) is 0.871. The fourth-order valence-electron chi connectivity index (χ4n) is 3.29. The zero-order valence-electron chi connectivity index (χ0n) is 11.6. The van der Waals surface area contributed by atoms with Crippen molar-refractivity contribution in [1.29, 1.82) is 0 Å². The second kappa shape index (κ2) is 5.71. The van der Waals surface area contributed by atoms with Crippen LogP contribution < -0.4 is 0 Å². The summed E-state index contributed by atoms with van der Waals surface area (Å²) < 4.78 is 0. The molecule has 17 heavy (non-hydrogen) atoms. The molecule has 0 amide bonds. The third-order valence-corrected chi connectivity index (χ3v) is 4.78. The summed E-state index contributed by atoms with van der Waals surface area (Å²) >= 11 is 0. The van der Waals surface area contributed by atoms with Crippen LogP contribution in [0.25, 0.3) is 0 Å². The van der Waals surface area contributed by atoms with Gasteiger partial charge in [0.1, 0.15) is 0 Å². The molecule has 0 aromatic heterocycles. The highest BCUT2D eigenvalue weighted by Gasteiger charge is 2.38. The summed E-state index contributed by atoms with van der Waals surface area (Å²) in [5.41, 5.74) is 0.226. The minimum absolute atomic E-state index is 0.226. The first kappa shape index (κ1) is 13.4. The van der Waals surface area contributed by atoms with E-state index in [9.17, 15) is 5.11 Å². The van der Waals surface area contributed by atoms with E-state index in [2.05, 4.69) is 18.7 Å². The maximum atomic E-state index is 9.82. The van der Waals surface area contributed by atoms with Crippen molar-refractivity contribution in [3.8, 4) is 0 Å². The molecule has 0 atom stereocenters. The van der Waals surface area contributed by atoms with E-state index < -0.39 is 0 Å². The molecule has 2 rings (SSSR count). The Balaban J connectivity index is 1.92. The van der Waals surface area contributed by atoms with Gasteiger partial charge in [-0.2, -0.15) is 0 Å². The molecule has 2 saturated carbocycles. The van der Waals surface area contributed by atoms with Crippen LogP contribution in [0, 0.1) is 11.3 Å². The van der Waals surface area contributed by atoms with Crippen LogP contribution in [0.3, 0.4) is 0 Å². The van der Waals surface area contributed by atoms with E-state index in [4.69, 9.17) is 0 Å². The Morgan fingerprint density at radius 1 is 1.18 bits per heavy atom. The number of hydrogen-bond acceptors (Lipinski definition) is 2. The Labute approximate surface area is 106 Å². The normalized spacial score (nSPS) is 34.2. The van der Waals surface area contributed by atoms with Gasteiger partial charge in [0, 0.05) is 24.6 Å². The van der Waals surface area contributed by atoms with Crippen LogP contribution in [0.2, 0.25) is 0 Å². The maximum Gasteiger partial charge on any atom is 0.0499 e. The SMILES string of the molecule is CCCN(CC1(CO)CCC(C)CC1)C1CC1. The third kappa shape index (κ3) is 3.45. The molecule has 0 heterocycles. The minimum atomic E-state index is 0.226. The zero-order chi connectivity index (χ0) is 12.3. The molecule has 100 valence electrons. The lowest BCUT2D eigenvalue weighted by Crippen LogP contribution is -2.43. The van der Waals surface area contributed by atoms with Crippen molar-refractivity contribution in [2.45, 2.75) is 64.8 Å². The zero-order valence-corrected chi connectivity index (χ0v) is 11.6. The topological polar surface area (TPSA) is 23.5 Å². The second-order valence-corrected chi connectivity index (χ2v) is 6.54. The maximum absolute atomic E-state index is 9.82. The first-order chi connectivity index (χ1) is 8.19. The van der Waals surface area contributed by atoms with E-state index in [1.165, 1.54) is 51.5 Å². The van der Waals surface area contributed by atoms with Crippen molar-refractivity contribution in [2.75, 3.05) is 19.7 Å². The van der Waals surface area contributed by atoms with Gasteiger partial charge in [-0.1, -0.05) is 26.7 Å². The lowest BCUT2D eigenvalue weighted by Gasteiger charge is -2.41. The van der Waals surface area contributed by atoms with E-state index in [0.717, 1.165) is 18.5 Å². The number of aliphatic hydroxyl groups excluding tert-OH is 1. The first-order valence-electron chi connectivity index (χ1n) is 7.54. The smallest absolute Gasteiger partial charge is 0.0499 e. The molecule has 2 aliphatic rings. The molecule has 2 aliphatic carbocycles. The molecule has 1 N–H and O–H groups in total. The van der Waals surface area contributed by atoms with E-state index in [1.807, 2.05) is 0 Å². The molecule has 0 unspecified atom stereocenters. The van der Waals surface area contributed by atoms with Crippen molar-refractivity contribution in [2.24, 2.45) is 11.3 Å². The molecule has 0 radical (unpaired) electrons. The molecule has 0 saturated heterocycles. The molecule has 0 aromatic carbocycles. The molecular weight excluding hydrogens is 210 g/mol. The molecule has 0 spiro atoms. The van der Waals surface area contributed by atoms with Crippen molar-refractivity contribution < 1.29 is 5.11 Å². The Morgan fingerprint density at radius 2 is 1.82 bits per heavy atom. The summed E-state index contributed by atoms with van der Waals surface area (Å²) in [6.45, 7) is 7.39. The van der Waals surface area contributed by atoms with Gasteiger partial charge in [0.2, 0.25) is 0 Å². The molecular formula is C15H29NO. The van der Waals surface area contributed by atoms with Crippen LogP contribution in [-0.2, 0) is 0 Å². The molecule has 0 bridgehead atoms. The number of hydrogen-bond donors (Lipinski definition) is 1. The quantitative estimate of drug-likeness (QED) is 0.770. The summed E-state index contributed by atoms with van der Waals surface area (Å²) in [5, 5.41) is 9.82. The largest absolute Gasteiger partial charge is 0.396 e. The van der Waals surface area contributed by atoms with Gasteiger partial charge in [0.05, 0.1) is 0 Å². The molecule has 0 aliphatic heterocycles. The van der Waals surface area contributed by atoms with Gasteiger partial charge in [-0.25, -0.2) is 0 Å². The Bertz CT molecular complexity index is 229. The van der Waals surface area contributed by atoms with E-state index in [0.29, 0.717) is 6.61 Å². The predicted molar refractivity (Wildman–Crippen MR) is 72.0 cm³/mol.